The molecule has 1 aliphatic rings. The molecule has 28 heavy (non-hydrogen) atoms. The summed E-state index contributed by atoms with van der Waals surface area (Å²) >= 11 is 0. The number of unbranched alkanes of at least 4 members (excludes halogenated alkanes) is 1. The van der Waals surface area contributed by atoms with E-state index in [1.54, 1.807) is 20.9 Å². The first-order valence-electron chi connectivity index (χ1n) is 9.68. The normalized spacial score (nSPS) is 18.3. The summed E-state index contributed by atoms with van der Waals surface area (Å²) in [5, 5.41) is 3.36. The number of aliphatic imine (C=N–C) groups is 1. The van der Waals surface area contributed by atoms with Crippen LogP contribution in [0.4, 0.5) is 0 Å². The van der Waals surface area contributed by atoms with Crippen molar-refractivity contribution in [2.75, 3.05) is 39.0 Å². The molecule has 1 heterocycles. The van der Waals surface area contributed by atoms with Crippen LogP contribution in [0.2, 0.25) is 0 Å². The number of halogens is 1. The van der Waals surface area contributed by atoms with Crippen molar-refractivity contribution in [3.63, 3.8) is 0 Å². The Kier molecular flexibility index (Phi) is 10.0. The lowest BCUT2D eigenvalue weighted by molar-refractivity contribution is 0.309. The number of ether oxygens (including phenoxy) is 1. The lowest BCUT2D eigenvalue weighted by atomic mass is 10.1. The molecule has 0 spiro atoms. The molecule has 0 unspecified atom stereocenters. The predicted octanol–water partition coefficient (Wildman–Crippen LogP) is 3.11. The fourth-order valence-corrected chi connectivity index (χ4v) is 4.43. The maximum absolute atomic E-state index is 12.2. The first kappa shape index (κ1) is 25.0. The fourth-order valence-electron chi connectivity index (χ4n) is 3.06. The van der Waals surface area contributed by atoms with E-state index in [4.69, 9.17) is 4.74 Å². The number of sulfone groups is 1. The first-order chi connectivity index (χ1) is 12.8. The zero-order valence-electron chi connectivity index (χ0n) is 17.4. The topological polar surface area (TPSA) is 71.0 Å². The molecule has 6 nitrogen and oxygen atoms in total. The quantitative estimate of drug-likeness (QED) is 0.258. The van der Waals surface area contributed by atoms with Gasteiger partial charge in [-0.2, -0.15) is 0 Å². The molecule has 2 rings (SSSR count). The zero-order chi connectivity index (χ0) is 19.9. The van der Waals surface area contributed by atoms with Gasteiger partial charge >= 0.3 is 0 Å². The van der Waals surface area contributed by atoms with Crippen molar-refractivity contribution in [3.05, 3.63) is 29.8 Å². The minimum absolute atomic E-state index is 0. The Morgan fingerprint density at radius 2 is 1.96 bits per heavy atom. The van der Waals surface area contributed by atoms with Crippen LogP contribution >= 0.6 is 24.0 Å². The van der Waals surface area contributed by atoms with Crippen LogP contribution in [0.3, 0.4) is 0 Å². The van der Waals surface area contributed by atoms with Crippen LogP contribution in [0.1, 0.15) is 39.2 Å². The molecular formula is C20H34IN3O3S. The molecule has 1 saturated heterocycles. The Balaban J connectivity index is 0.00000392. The SMILES string of the molecule is CCCCOc1ccc(CCNC(=NC)N2CCS(=O)(=O)C(C)(C)C2)cc1.I. The van der Waals surface area contributed by atoms with E-state index in [1.165, 1.54) is 5.56 Å². The Labute approximate surface area is 187 Å². The van der Waals surface area contributed by atoms with Gasteiger partial charge in [-0.1, -0.05) is 25.5 Å². The average molecular weight is 523 g/mol. The summed E-state index contributed by atoms with van der Waals surface area (Å²) in [5.41, 5.74) is 1.22. The molecule has 0 aliphatic carbocycles. The summed E-state index contributed by atoms with van der Waals surface area (Å²) in [6.45, 7) is 8.16. The molecule has 0 saturated carbocycles. The van der Waals surface area contributed by atoms with Gasteiger partial charge < -0.3 is 15.0 Å². The maximum atomic E-state index is 12.2. The number of guanidine groups is 1. The van der Waals surface area contributed by atoms with Crippen molar-refractivity contribution in [2.45, 2.75) is 44.8 Å². The van der Waals surface area contributed by atoms with Crippen molar-refractivity contribution in [1.29, 1.82) is 0 Å². The second kappa shape index (κ2) is 11.2. The van der Waals surface area contributed by atoms with Gasteiger partial charge in [0.1, 0.15) is 5.75 Å². The van der Waals surface area contributed by atoms with Gasteiger partial charge in [0.25, 0.3) is 0 Å². The van der Waals surface area contributed by atoms with Crippen LogP contribution in [0.5, 0.6) is 5.75 Å². The first-order valence-corrected chi connectivity index (χ1v) is 11.3. The third-order valence-corrected chi connectivity index (χ3v) is 7.47. The number of nitrogens with zero attached hydrogens (tertiary/aromatic N) is 2. The van der Waals surface area contributed by atoms with Crippen molar-refractivity contribution < 1.29 is 13.2 Å². The summed E-state index contributed by atoms with van der Waals surface area (Å²) in [6.07, 6.45) is 3.06. The Morgan fingerprint density at radius 3 is 2.54 bits per heavy atom. The van der Waals surface area contributed by atoms with Crippen LogP contribution in [0.15, 0.2) is 29.3 Å². The molecule has 160 valence electrons. The highest BCUT2D eigenvalue weighted by Crippen LogP contribution is 2.23. The van der Waals surface area contributed by atoms with Crippen molar-refractivity contribution >= 4 is 39.8 Å². The lowest BCUT2D eigenvalue weighted by Crippen LogP contribution is -2.57. The van der Waals surface area contributed by atoms with E-state index in [-0.39, 0.29) is 29.7 Å². The Bertz CT molecular complexity index is 734. The number of hydrogen-bond acceptors (Lipinski definition) is 4. The number of nitrogens with one attached hydrogen (secondary N) is 1. The molecule has 1 aliphatic heterocycles. The zero-order valence-corrected chi connectivity index (χ0v) is 20.5. The van der Waals surface area contributed by atoms with Gasteiger partial charge in [-0.05, 0) is 44.4 Å². The Morgan fingerprint density at radius 1 is 1.29 bits per heavy atom. The molecule has 0 amide bonds. The third kappa shape index (κ3) is 6.79. The third-order valence-electron chi connectivity index (χ3n) is 4.94. The minimum Gasteiger partial charge on any atom is -0.494 e. The Hall–Kier alpha value is -1.03. The smallest absolute Gasteiger partial charge is 0.193 e. The maximum Gasteiger partial charge on any atom is 0.193 e. The van der Waals surface area contributed by atoms with Crippen LogP contribution in [0, 0.1) is 0 Å². The van der Waals surface area contributed by atoms with Crippen molar-refractivity contribution in [3.8, 4) is 5.75 Å². The standard InChI is InChI=1S/C20H33N3O3S.HI/c1-5-6-14-26-18-9-7-17(8-10-18)11-12-22-19(21-4)23-13-15-27(24,25)20(2,3)16-23;/h7-10H,5-6,11-16H2,1-4H3,(H,21,22);1H. The fraction of sp³-hybridized carbons (Fsp3) is 0.650. The molecule has 0 bridgehead atoms. The molecule has 8 heteroatoms. The molecule has 1 N–H and O–H groups in total. The molecule has 0 radical (unpaired) electrons. The second-order valence-corrected chi connectivity index (χ2v) is 10.3. The van der Waals surface area contributed by atoms with E-state index >= 15 is 0 Å². The number of rotatable bonds is 7. The van der Waals surface area contributed by atoms with E-state index in [2.05, 4.69) is 29.4 Å². The van der Waals surface area contributed by atoms with E-state index in [0.717, 1.165) is 44.1 Å². The monoisotopic (exact) mass is 523 g/mol. The summed E-state index contributed by atoms with van der Waals surface area (Å²) in [6, 6.07) is 8.19. The highest BCUT2D eigenvalue weighted by Gasteiger charge is 2.40. The van der Waals surface area contributed by atoms with Crippen LogP contribution in [-0.4, -0.2) is 63.1 Å². The number of benzene rings is 1. The molecule has 1 aromatic carbocycles. The molecule has 1 aromatic rings. The highest BCUT2D eigenvalue weighted by atomic mass is 127. The van der Waals surface area contributed by atoms with Gasteiger partial charge in [0.2, 0.25) is 0 Å². The second-order valence-electron chi connectivity index (χ2n) is 7.57. The minimum atomic E-state index is -3.05. The highest BCUT2D eigenvalue weighted by molar-refractivity contribution is 14.0. The van der Waals surface area contributed by atoms with E-state index in [1.807, 2.05) is 17.0 Å². The van der Waals surface area contributed by atoms with Gasteiger partial charge in [0.15, 0.2) is 15.8 Å². The van der Waals surface area contributed by atoms with E-state index in [0.29, 0.717) is 13.1 Å². The summed E-state index contributed by atoms with van der Waals surface area (Å²) in [7, 11) is -1.31. The number of hydrogen-bond donors (Lipinski definition) is 1. The van der Waals surface area contributed by atoms with Gasteiger partial charge in [-0.25, -0.2) is 8.42 Å². The van der Waals surface area contributed by atoms with Gasteiger partial charge in [0, 0.05) is 26.7 Å². The van der Waals surface area contributed by atoms with E-state index < -0.39 is 14.6 Å². The largest absolute Gasteiger partial charge is 0.494 e. The van der Waals surface area contributed by atoms with Crippen molar-refractivity contribution in [2.24, 2.45) is 4.99 Å². The summed E-state index contributed by atoms with van der Waals surface area (Å²) in [5.74, 6) is 1.84. The van der Waals surface area contributed by atoms with Crippen LogP contribution in [-0.2, 0) is 16.3 Å². The van der Waals surface area contributed by atoms with Gasteiger partial charge in [0.05, 0.1) is 17.1 Å². The van der Waals surface area contributed by atoms with Gasteiger partial charge in [-0.3, -0.25) is 4.99 Å². The molecule has 0 atom stereocenters. The van der Waals surface area contributed by atoms with E-state index in [9.17, 15) is 8.42 Å². The van der Waals surface area contributed by atoms with Crippen LogP contribution in [0.25, 0.3) is 0 Å². The van der Waals surface area contributed by atoms with Gasteiger partial charge in [-0.15, -0.1) is 24.0 Å². The summed E-state index contributed by atoms with van der Waals surface area (Å²) < 4.78 is 29.3. The molecule has 1 fully saturated rings. The predicted molar refractivity (Wildman–Crippen MR) is 127 cm³/mol. The average Bonchev–Trinajstić information content (AvgIpc) is 2.63. The van der Waals surface area contributed by atoms with Crippen LogP contribution < -0.4 is 10.1 Å². The molecular weight excluding hydrogens is 489 g/mol. The molecule has 0 aromatic heterocycles. The summed E-state index contributed by atoms with van der Waals surface area (Å²) in [4.78, 5) is 6.36. The lowest BCUT2D eigenvalue weighted by Gasteiger charge is -2.39. The van der Waals surface area contributed by atoms with Crippen molar-refractivity contribution in [1.82, 2.24) is 10.2 Å².